The van der Waals surface area contributed by atoms with Crippen LogP contribution in [0.4, 0.5) is 0 Å². The molecule has 0 saturated carbocycles. The lowest BCUT2D eigenvalue weighted by atomic mass is 10.0. The number of piperidine rings is 1. The molecule has 2 bridgehead atoms. The zero-order valence-electron chi connectivity index (χ0n) is 8.48. The minimum absolute atomic E-state index is 0.145. The molecule has 4 nitrogen and oxygen atoms in total. The monoisotopic (exact) mass is 199 g/mol. The highest BCUT2D eigenvalue weighted by Gasteiger charge is 2.38. The van der Waals surface area contributed by atoms with E-state index in [4.69, 9.17) is 9.84 Å². The Morgan fingerprint density at radius 3 is 2.50 bits per heavy atom. The quantitative estimate of drug-likeness (QED) is 0.727. The Hall–Kier alpha value is -0.610. The highest BCUT2D eigenvalue weighted by molar-refractivity contribution is 5.68. The minimum Gasteiger partial charge on any atom is -0.480 e. The van der Waals surface area contributed by atoms with Crippen molar-refractivity contribution in [1.29, 1.82) is 0 Å². The Kier molecular flexibility index (Phi) is 2.74. The molecule has 14 heavy (non-hydrogen) atoms. The molecule has 4 heteroatoms. The highest BCUT2D eigenvalue weighted by atomic mass is 16.5. The minimum atomic E-state index is -0.865. The molecule has 2 aliphatic rings. The summed E-state index contributed by atoms with van der Waals surface area (Å²) in [4.78, 5) is 12.8. The van der Waals surface area contributed by atoms with Gasteiger partial charge in [0.1, 0.15) is 6.61 Å². The molecule has 2 atom stereocenters. The van der Waals surface area contributed by atoms with Crippen molar-refractivity contribution in [3.05, 3.63) is 0 Å². The molecule has 2 aliphatic heterocycles. The van der Waals surface area contributed by atoms with Crippen LogP contribution in [0.3, 0.4) is 0 Å². The summed E-state index contributed by atoms with van der Waals surface area (Å²) in [6.45, 7) is -0.145. The van der Waals surface area contributed by atoms with E-state index in [1.54, 1.807) is 0 Å². The molecule has 0 aliphatic carbocycles. The number of aliphatic carboxylic acids is 1. The molecule has 0 spiro atoms. The topological polar surface area (TPSA) is 49.8 Å². The van der Waals surface area contributed by atoms with E-state index < -0.39 is 5.97 Å². The van der Waals surface area contributed by atoms with Crippen LogP contribution in [0, 0.1) is 0 Å². The number of carboxylic acid groups (broad SMARTS) is 1. The van der Waals surface area contributed by atoms with Crippen molar-refractivity contribution in [3.8, 4) is 0 Å². The summed E-state index contributed by atoms with van der Waals surface area (Å²) in [5.74, 6) is -0.865. The van der Waals surface area contributed by atoms with Gasteiger partial charge in [0.2, 0.25) is 0 Å². The van der Waals surface area contributed by atoms with Crippen molar-refractivity contribution in [2.24, 2.45) is 0 Å². The predicted molar refractivity (Wildman–Crippen MR) is 51.2 cm³/mol. The fraction of sp³-hybridized carbons (Fsp3) is 0.900. The number of nitrogens with zero attached hydrogens (tertiary/aromatic N) is 1. The predicted octanol–water partition coefficient (Wildman–Crippen LogP) is 0.713. The van der Waals surface area contributed by atoms with Gasteiger partial charge in [-0.05, 0) is 32.7 Å². The normalized spacial score (nSPS) is 37.4. The van der Waals surface area contributed by atoms with E-state index in [9.17, 15) is 4.79 Å². The first kappa shape index (κ1) is 9.93. The second-order valence-electron chi connectivity index (χ2n) is 4.35. The van der Waals surface area contributed by atoms with Crippen molar-refractivity contribution in [1.82, 2.24) is 4.90 Å². The molecule has 80 valence electrons. The fourth-order valence-electron chi connectivity index (χ4n) is 2.69. The van der Waals surface area contributed by atoms with Crippen molar-refractivity contribution in [3.63, 3.8) is 0 Å². The maximum Gasteiger partial charge on any atom is 0.329 e. The van der Waals surface area contributed by atoms with Crippen molar-refractivity contribution in [2.75, 3.05) is 13.7 Å². The fourth-order valence-corrected chi connectivity index (χ4v) is 2.69. The Balaban J connectivity index is 1.84. The van der Waals surface area contributed by atoms with Crippen LogP contribution in [0.1, 0.15) is 25.7 Å². The highest BCUT2D eigenvalue weighted by Crippen LogP contribution is 2.35. The van der Waals surface area contributed by atoms with Gasteiger partial charge in [0.05, 0.1) is 6.10 Å². The zero-order valence-corrected chi connectivity index (χ0v) is 8.48. The van der Waals surface area contributed by atoms with Crippen LogP contribution in [-0.2, 0) is 9.53 Å². The number of hydrogen-bond acceptors (Lipinski definition) is 3. The van der Waals surface area contributed by atoms with E-state index in [-0.39, 0.29) is 12.7 Å². The van der Waals surface area contributed by atoms with Crippen LogP contribution in [0.2, 0.25) is 0 Å². The van der Waals surface area contributed by atoms with Gasteiger partial charge in [0.25, 0.3) is 0 Å². The molecule has 2 rings (SSSR count). The Morgan fingerprint density at radius 2 is 2.00 bits per heavy atom. The number of hydrogen-bond donors (Lipinski definition) is 1. The number of carbonyl (C=O) groups is 1. The number of ether oxygens (including phenoxy) is 1. The van der Waals surface area contributed by atoms with E-state index in [2.05, 4.69) is 11.9 Å². The van der Waals surface area contributed by atoms with Gasteiger partial charge in [0.15, 0.2) is 0 Å². The van der Waals surface area contributed by atoms with E-state index in [0.717, 1.165) is 12.8 Å². The van der Waals surface area contributed by atoms with Crippen molar-refractivity contribution >= 4 is 5.97 Å². The third kappa shape index (κ3) is 1.91. The first-order valence-corrected chi connectivity index (χ1v) is 5.22. The van der Waals surface area contributed by atoms with E-state index >= 15 is 0 Å². The second-order valence-corrected chi connectivity index (χ2v) is 4.35. The summed E-state index contributed by atoms with van der Waals surface area (Å²) in [5, 5.41) is 8.51. The first-order chi connectivity index (χ1) is 6.66. The lowest BCUT2D eigenvalue weighted by Gasteiger charge is -2.35. The van der Waals surface area contributed by atoms with Gasteiger partial charge >= 0.3 is 5.97 Å². The lowest BCUT2D eigenvalue weighted by Crippen LogP contribution is -2.43. The molecule has 2 saturated heterocycles. The molecule has 0 aromatic heterocycles. The molecule has 0 amide bonds. The molecule has 2 heterocycles. The molecule has 0 aromatic carbocycles. The van der Waals surface area contributed by atoms with Gasteiger partial charge in [0, 0.05) is 12.1 Å². The maximum absolute atomic E-state index is 10.3. The van der Waals surface area contributed by atoms with Crippen LogP contribution in [-0.4, -0.2) is 47.8 Å². The molecule has 0 aromatic rings. The van der Waals surface area contributed by atoms with Gasteiger partial charge in [-0.1, -0.05) is 0 Å². The summed E-state index contributed by atoms with van der Waals surface area (Å²) < 4.78 is 5.35. The van der Waals surface area contributed by atoms with E-state index in [1.165, 1.54) is 12.8 Å². The van der Waals surface area contributed by atoms with Crippen molar-refractivity contribution in [2.45, 2.75) is 43.9 Å². The van der Waals surface area contributed by atoms with Crippen LogP contribution < -0.4 is 0 Å². The average Bonchev–Trinajstić information content (AvgIpc) is 2.41. The van der Waals surface area contributed by atoms with Crippen LogP contribution in [0.15, 0.2) is 0 Å². The van der Waals surface area contributed by atoms with Crippen molar-refractivity contribution < 1.29 is 14.6 Å². The van der Waals surface area contributed by atoms with Gasteiger partial charge in [-0.15, -0.1) is 0 Å². The molecule has 1 N–H and O–H groups in total. The molecule has 0 radical (unpaired) electrons. The van der Waals surface area contributed by atoms with Gasteiger partial charge in [-0.25, -0.2) is 4.79 Å². The average molecular weight is 199 g/mol. The van der Waals surface area contributed by atoms with E-state index in [1.807, 2.05) is 0 Å². The molecule has 2 unspecified atom stereocenters. The SMILES string of the molecule is CN1C2CCC1CC(OCC(=O)O)C2. The summed E-state index contributed by atoms with van der Waals surface area (Å²) >= 11 is 0. The first-order valence-electron chi connectivity index (χ1n) is 5.22. The summed E-state index contributed by atoms with van der Waals surface area (Å²) in [5.41, 5.74) is 0. The molecule has 2 fully saturated rings. The Morgan fingerprint density at radius 1 is 1.43 bits per heavy atom. The van der Waals surface area contributed by atoms with Crippen LogP contribution in [0.5, 0.6) is 0 Å². The van der Waals surface area contributed by atoms with Gasteiger partial charge < -0.3 is 14.7 Å². The Labute approximate surface area is 83.8 Å². The Bertz CT molecular complexity index is 217. The summed E-state index contributed by atoms with van der Waals surface area (Å²) in [6.07, 6.45) is 4.66. The third-order valence-electron chi connectivity index (χ3n) is 3.50. The summed E-state index contributed by atoms with van der Waals surface area (Å²) in [7, 11) is 2.16. The lowest BCUT2D eigenvalue weighted by molar-refractivity contribution is -0.145. The summed E-state index contributed by atoms with van der Waals surface area (Å²) in [6, 6.07) is 1.24. The van der Waals surface area contributed by atoms with E-state index in [0.29, 0.717) is 12.1 Å². The van der Waals surface area contributed by atoms with Crippen LogP contribution >= 0.6 is 0 Å². The number of carboxylic acids is 1. The maximum atomic E-state index is 10.3. The number of rotatable bonds is 3. The van der Waals surface area contributed by atoms with Gasteiger partial charge in [-0.3, -0.25) is 0 Å². The third-order valence-corrected chi connectivity index (χ3v) is 3.50. The number of fused-ring (bicyclic) bond motifs is 2. The van der Waals surface area contributed by atoms with Crippen LogP contribution in [0.25, 0.3) is 0 Å². The smallest absolute Gasteiger partial charge is 0.329 e. The second kappa shape index (κ2) is 3.87. The molecular weight excluding hydrogens is 182 g/mol. The largest absolute Gasteiger partial charge is 0.480 e. The van der Waals surface area contributed by atoms with Gasteiger partial charge in [-0.2, -0.15) is 0 Å². The zero-order chi connectivity index (χ0) is 10.1. The molecular formula is C10H17NO3. The standard InChI is InChI=1S/C10H17NO3/c1-11-7-2-3-8(11)5-9(4-7)14-6-10(12)13/h7-9H,2-6H2,1H3,(H,12,13).